The number of benzene rings is 1. The molecule has 1 saturated carbocycles. The Bertz CT molecular complexity index is 333. The first-order chi connectivity index (χ1) is 7.63. The Labute approximate surface area is 98.6 Å². The molecule has 0 aromatic heterocycles. The highest BCUT2D eigenvalue weighted by molar-refractivity contribution is 7.99. The highest BCUT2D eigenvalue weighted by atomic mass is 32.2. The molecule has 1 aromatic rings. The third-order valence-electron chi connectivity index (χ3n) is 2.82. The SMILES string of the molecule is CC1CC(Nc2ccc(SC(F)F)cc2)C1. The molecule has 2 rings (SSSR count). The van der Waals surface area contributed by atoms with Crippen molar-refractivity contribution in [2.45, 2.75) is 36.5 Å². The summed E-state index contributed by atoms with van der Waals surface area (Å²) >= 11 is 0.585. The lowest BCUT2D eigenvalue weighted by atomic mass is 9.82. The van der Waals surface area contributed by atoms with Gasteiger partial charge in [-0.25, -0.2) is 0 Å². The predicted molar refractivity (Wildman–Crippen MR) is 64.1 cm³/mol. The first-order valence-corrected chi connectivity index (χ1v) is 6.33. The fraction of sp³-hybridized carbons (Fsp3) is 0.500. The van der Waals surface area contributed by atoms with Crippen molar-refractivity contribution >= 4 is 17.4 Å². The van der Waals surface area contributed by atoms with E-state index >= 15 is 0 Å². The van der Waals surface area contributed by atoms with Gasteiger partial charge in [0.05, 0.1) is 0 Å². The van der Waals surface area contributed by atoms with E-state index in [4.69, 9.17) is 0 Å². The topological polar surface area (TPSA) is 12.0 Å². The van der Waals surface area contributed by atoms with E-state index in [2.05, 4.69) is 12.2 Å². The number of nitrogens with one attached hydrogen (secondary N) is 1. The van der Waals surface area contributed by atoms with Gasteiger partial charge in [-0.2, -0.15) is 8.78 Å². The highest BCUT2D eigenvalue weighted by Gasteiger charge is 2.24. The first kappa shape index (κ1) is 11.7. The van der Waals surface area contributed by atoms with E-state index in [0.717, 1.165) is 11.6 Å². The summed E-state index contributed by atoms with van der Waals surface area (Å²) in [6, 6.07) is 7.77. The number of thioether (sulfide) groups is 1. The molecular weight excluding hydrogens is 228 g/mol. The number of alkyl halides is 2. The van der Waals surface area contributed by atoms with E-state index in [1.807, 2.05) is 12.1 Å². The Balaban J connectivity index is 1.87. The van der Waals surface area contributed by atoms with Crippen LogP contribution in [-0.4, -0.2) is 11.8 Å². The van der Waals surface area contributed by atoms with Gasteiger partial charge in [-0.05, 0) is 43.0 Å². The molecule has 0 spiro atoms. The molecule has 0 unspecified atom stereocenters. The van der Waals surface area contributed by atoms with Crippen LogP contribution in [0.4, 0.5) is 14.5 Å². The smallest absolute Gasteiger partial charge is 0.288 e. The summed E-state index contributed by atoms with van der Waals surface area (Å²) in [6.45, 7) is 2.24. The summed E-state index contributed by atoms with van der Waals surface area (Å²) in [7, 11) is 0. The fourth-order valence-corrected chi connectivity index (χ4v) is 2.49. The van der Waals surface area contributed by atoms with E-state index < -0.39 is 5.76 Å². The molecule has 1 nitrogen and oxygen atoms in total. The molecule has 0 saturated heterocycles. The number of halogens is 2. The lowest BCUT2D eigenvalue weighted by Crippen LogP contribution is -2.33. The average Bonchev–Trinajstić information content (AvgIpc) is 2.18. The molecule has 0 aliphatic heterocycles. The number of hydrogen-bond donors (Lipinski definition) is 1. The van der Waals surface area contributed by atoms with E-state index in [9.17, 15) is 8.78 Å². The van der Waals surface area contributed by atoms with Gasteiger partial charge in [-0.3, -0.25) is 0 Å². The minimum atomic E-state index is -2.34. The molecule has 88 valence electrons. The quantitative estimate of drug-likeness (QED) is 0.795. The van der Waals surface area contributed by atoms with Crippen LogP contribution in [0.2, 0.25) is 0 Å². The van der Waals surface area contributed by atoms with Gasteiger partial charge in [0.15, 0.2) is 0 Å². The van der Waals surface area contributed by atoms with Crippen molar-refractivity contribution in [3.05, 3.63) is 24.3 Å². The number of anilines is 1. The normalized spacial score (nSPS) is 24.2. The van der Waals surface area contributed by atoms with Gasteiger partial charge < -0.3 is 5.32 Å². The Hall–Kier alpha value is -0.770. The third-order valence-corrected chi connectivity index (χ3v) is 3.55. The molecular formula is C12H15F2NS. The van der Waals surface area contributed by atoms with Crippen LogP contribution in [0, 0.1) is 5.92 Å². The van der Waals surface area contributed by atoms with Crippen LogP contribution in [0.3, 0.4) is 0 Å². The van der Waals surface area contributed by atoms with Gasteiger partial charge in [0.25, 0.3) is 5.76 Å². The van der Waals surface area contributed by atoms with Crippen LogP contribution in [0.15, 0.2) is 29.2 Å². The van der Waals surface area contributed by atoms with Crippen LogP contribution in [-0.2, 0) is 0 Å². The van der Waals surface area contributed by atoms with E-state index in [-0.39, 0.29) is 0 Å². The summed E-state index contributed by atoms with van der Waals surface area (Å²) in [5.74, 6) is -1.53. The van der Waals surface area contributed by atoms with Crippen LogP contribution in [0.25, 0.3) is 0 Å². The zero-order valence-corrected chi connectivity index (χ0v) is 9.94. The summed E-state index contributed by atoms with van der Waals surface area (Å²) < 4.78 is 24.2. The lowest BCUT2D eigenvalue weighted by Gasteiger charge is -2.34. The van der Waals surface area contributed by atoms with Gasteiger partial charge in [0.1, 0.15) is 0 Å². The third kappa shape index (κ3) is 3.11. The summed E-state index contributed by atoms with van der Waals surface area (Å²) in [6.07, 6.45) is 2.40. The monoisotopic (exact) mass is 243 g/mol. The van der Waals surface area contributed by atoms with Crippen LogP contribution < -0.4 is 5.32 Å². The van der Waals surface area contributed by atoms with Gasteiger partial charge in [-0.15, -0.1) is 0 Å². The maximum Gasteiger partial charge on any atom is 0.288 e. The van der Waals surface area contributed by atoms with Crippen molar-refractivity contribution in [2.75, 3.05) is 5.32 Å². The molecule has 1 fully saturated rings. The molecule has 16 heavy (non-hydrogen) atoms. The number of rotatable bonds is 4. The largest absolute Gasteiger partial charge is 0.382 e. The zero-order valence-electron chi connectivity index (χ0n) is 9.12. The van der Waals surface area contributed by atoms with Crippen molar-refractivity contribution < 1.29 is 8.78 Å². The van der Waals surface area contributed by atoms with Gasteiger partial charge in [0, 0.05) is 16.6 Å². The van der Waals surface area contributed by atoms with Crippen molar-refractivity contribution in [3.63, 3.8) is 0 Å². The van der Waals surface area contributed by atoms with Crippen LogP contribution in [0.1, 0.15) is 19.8 Å². The standard InChI is InChI=1S/C12H15F2NS/c1-8-6-10(7-8)15-9-2-4-11(5-3-9)16-12(13)14/h2-5,8,10,12,15H,6-7H2,1H3. The second-order valence-corrected chi connectivity index (χ2v) is 5.38. The van der Waals surface area contributed by atoms with E-state index in [1.165, 1.54) is 12.8 Å². The molecule has 0 heterocycles. The molecule has 0 radical (unpaired) electrons. The second kappa shape index (κ2) is 5.04. The zero-order chi connectivity index (χ0) is 11.5. The molecule has 1 aromatic carbocycles. The molecule has 1 aliphatic rings. The van der Waals surface area contributed by atoms with E-state index in [1.54, 1.807) is 12.1 Å². The van der Waals surface area contributed by atoms with Crippen molar-refractivity contribution in [1.82, 2.24) is 0 Å². The molecule has 0 atom stereocenters. The number of hydrogen-bond acceptors (Lipinski definition) is 2. The Kier molecular flexibility index (Phi) is 3.69. The summed E-state index contributed by atoms with van der Waals surface area (Å²) in [4.78, 5) is 0.613. The summed E-state index contributed by atoms with van der Waals surface area (Å²) in [5.41, 5.74) is 1.02. The molecule has 1 N–H and O–H groups in total. The van der Waals surface area contributed by atoms with E-state index in [0.29, 0.717) is 22.7 Å². The minimum absolute atomic E-state index is 0.559. The highest BCUT2D eigenvalue weighted by Crippen LogP contribution is 2.30. The maximum absolute atomic E-state index is 12.1. The Morgan fingerprint density at radius 2 is 1.88 bits per heavy atom. The van der Waals surface area contributed by atoms with Crippen molar-refractivity contribution in [1.29, 1.82) is 0 Å². The maximum atomic E-state index is 12.1. The molecule has 0 amide bonds. The Morgan fingerprint density at radius 1 is 1.25 bits per heavy atom. The lowest BCUT2D eigenvalue weighted by molar-refractivity contribution is 0.252. The van der Waals surface area contributed by atoms with Crippen molar-refractivity contribution in [3.8, 4) is 0 Å². The molecule has 1 aliphatic carbocycles. The second-order valence-electron chi connectivity index (χ2n) is 4.32. The van der Waals surface area contributed by atoms with Gasteiger partial charge in [0.2, 0.25) is 0 Å². The van der Waals surface area contributed by atoms with Gasteiger partial charge >= 0.3 is 0 Å². The average molecular weight is 243 g/mol. The van der Waals surface area contributed by atoms with Crippen molar-refractivity contribution in [2.24, 2.45) is 5.92 Å². The first-order valence-electron chi connectivity index (χ1n) is 5.45. The predicted octanol–water partition coefficient (Wildman–Crippen LogP) is 4.21. The fourth-order valence-electron chi connectivity index (χ4n) is 1.99. The van der Waals surface area contributed by atoms with Crippen LogP contribution in [0.5, 0.6) is 0 Å². The van der Waals surface area contributed by atoms with Crippen LogP contribution >= 0.6 is 11.8 Å². The molecule has 4 heteroatoms. The summed E-state index contributed by atoms with van der Waals surface area (Å²) in [5, 5.41) is 3.39. The Morgan fingerprint density at radius 3 is 2.38 bits per heavy atom. The molecule has 0 bridgehead atoms. The van der Waals surface area contributed by atoms with Gasteiger partial charge in [-0.1, -0.05) is 18.7 Å². The minimum Gasteiger partial charge on any atom is -0.382 e.